The van der Waals surface area contributed by atoms with Crippen LogP contribution in [0.15, 0.2) is 36.7 Å². The quantitative estimate of drug-likeness (QED) is 0.740. The van der Waals surface area contributed by atoms with Crippen LogP contribution >= 0.6 is 0 Å². The molecule has 0 unspecified atom stereocenters. The van der Waals surface area contributed by atoms with Gasteiger partial charge in [0.15, 0.2) is 0 Å². The van der Waals surface area contributed by atoms with Gasteiger partial charge in [-0.15, -0.1) is 0 Å². The topological polar surface area (TPSA) is 105 Å². The van der Waals surface area contributed by atoms with Crippen LogP contribution in [0.2, 0.25) is 0 Å². The van der Waals surface area contributed by atoms with Gasteiger partial charge in [-0.2, -0.15) is 0 Å². The Balaban J connectivity index is 2.22. The number of nitrogens with one attached hydrogen (secondary N) is 1. The zero-order valence-electron chi connectivity index (χ0n) is 10.1. The minimum atomic E-state index is -1.12. The molecule has 1 aromatic carbocycles. The number of nitrogens with two attached hydrogens (primary N) is 1. The zero-order valence-corrected chi connectivity index (χ0v) is 10.1. The lowest BCUT2D eigenvalue weighted by atomic mass is 10.1. The van der Waals surface area contributed by atoms with Crippen LogP contribution in [0.1, 0.15) is 20.7 Å². The molecular weight excluding hydrogens is 265 g/mol. The maximum absolute atomic E-state index is 13.0. The number of anilines is 2. The third kappa shape index (κ3) is 2.89. The number of halogens is 1. The third-order valence-electron chi connectivity index (χ3n) is 2.51. The van der Waals surface area contributed by atoms with E-state index in [0.717, 1.165) is 12.3 Å². The van der Waals surface area contributed by atoms with Gasteiger partial charge in [-0.25, -0.2) is 9.18 Å². The molecule has 1 amide bonds. The summed E-state index contributed by atoms with van der Waals surface area (Å²) in [6.07, 6.45) is 2.19. The van der Waals surface area contributed by atoms with Gasteiger partial charge >= 0.3 is 5.97 Å². The summed E-state index contributed by atoms with van der Waals surface area (Å²) in [6.45, 7) is 0. The van der Waals surface area contributed by atoms with Crippen molar-refractivity contribution < 1.29 is 19.1 Å². The number of carbonyl (C=O) groups excluding carboxylic acids is 1. The van der Waals surface area contributed by atoms with Gasteiger partial charge in [0.25, 0.3) is 5.91 Å². The average Bonchev–Trinajstić information content (AvgIpc) is 2.40. The van der Waals surface area contributed by atoms with Gasteiger partial charge in [0.2, 0.25) is 0 Å². The first kappa shape index (κ1) is 13.5. The highest BCUT2D eigenvalue weighted by Gasteiger charge is 2.11. The van der Waals surface area contributed by atoms with E-state index >= 15 is 0 Å². The van der Waals surface area contributed by atoms with E-state index in [1.807, 2.05) is 0 Å². The second-order valence-corrected chi connectivity index (χ2v) is 3.95. The van der Waals surface area contributed by atoms with E-state index in [1.165, 1.54) is 24.4 Å². The number of hydrogen-bond acceptors (Lipinski definition) is 4. The van der Waals surface area contributed by atoms with Crippen LogP contribution in [0.5, 0.6) is 0 Å². The molecule has 0 aliphatic heterocycles. The van der Waals surface area contributed by atoms with Crippen LogP contribution in [0, 0.1) is 5.82 Å². The normalized spacial score (nSPS) is 10.1. The van der Waals surface area contributed by atoms with Crippen LogP contribution < -0.4 is 11.1 Å². The van der Waals surface area contributed by atoms with Gasteiger partial charge in [0.1, 0.15) is 5.82 Å². The number of benzene rings is 1. The molecule has 7 heteroatoms. The molecule has 0 bridgehead atoms. The van der Waals surface area contributed by atoms with Gasteiger partial charge in [-0.05, 0) is 24.3 Å². The first-order valence-corrected chi connectivity index (χ1v) is 5.52. The number of aromatic nitrogens is 1. The number of carbonyl (C=O) groups is 2. The smallest absolute Gasteiger partial charge is 0.335 e. The maximum Gasteiger partial charge on any atom is 0.335 e. The third-order valence-corrected chi connectivity index (χ3v) is 2.51. The van der Waals surface area contributed by atoms with Gasteiger partial charge in [0.05, 0.1) is 28.7 Å². The highest BCUT2D eigenvalue weighted by molar-refractivity contribution is 6.06. The molecule has 2 rings (SSSR count). The summed E-state index contributed by atoms with van der Waals surface area (Å²) in [7, 11) is 0. The standard InChI is InChI=1S/C13H10FN3O3/c14-9-3-8(5-16-6-9)12(18)17-11-2-1-7(13(19)20)4-10(11)15/h1-6H,15H2,(H,17,18)(H,19,20). The molecule has 1 aromatic heterocycles. The summed E-state index contributed by atoms with van der Waals surface area (Å²) in [5.74, 6) is -2.34. The molecule has 0 radical (unpaired) electrons. The minimum absolute atomic E-state index is 0.00733. The molecule has 0 aliphatic carbocycles. The van der Waals surface area contributed by atoms with Crippen molar-refractivity contribution in [3.63, 3.8) is 0 Å². The number of nitrogen functional groups attached to an aromatic ring is 1. The summed E-state index contributed by atoms with van der Waals surface area (Å²) in [6, 6.07) is 4.92. The molecule has 1 heterocycles. The van der Waals surface area contributed by atoms with E-state index in [2.05, 4.69) is 10.3 Å². The van der Waals surface area contributed by atoms with Crippen LogP contribution in [0.3, 0.4) is 0 Å². The summed E-state index contributed by atoms with van der Waals surface area (Å²) >= 11 is 0. The highest BCUT2D eigenvalue weighted by Crippen LogP contribution is 2.20. The second kappa shape index (κ2) is 5.35. The van der Waals surface area contributed by atoms with Gasteiger partial charge in [0, 0.05) is 6.20 Å². The lowest BCUT2D eigenvalue weighted by molar-refractivity contribution is 0.0697. The Kier molecular flexibility index (Phi) is 3.60. The van der Waals surface area contributed by atoms with Crippen molar-refractivity contribution in [1.82, 2.24) is 4.98 Å². The minimum Gasteiger partial charge on any atom is -0.478 e. The predicted molar refractivity (Wildman–Crippen MR) is 70.0 cm³/mol. The number of amides is 1. The summed E-state index contributed by atoms with van der Waals surface area (Å²) in [5, 5.41) is 11.3. The van der Waals surface area contributed by atoms with Crippen LogP contribution in [-0.4, -0.2) is 22.0 Å². The van der Waals surface area contributed by atoms with Crippen molar-refractivity contribution in [1.29, 1.82) is 0 Å². The average molecular weight is 275 g/mol. The molecule has 4 N–H and O–H groups in total. The fraction of sp³-hybridized carbons (Fsp3) is 0. The molecular formula is C13H10FN3O3. The molecule has 2 aromatic rings. The molecule has 6 nitrogen and oxygen atoms in total. The van der Waals surface area contributed by atoms with E-state index in [4.69, 9.17) is 10.8 Å². The van der Waals surface area contributed by atoms with E-state index in [9.17, 15) is 14.0 Å². The number of aromatic carboxylic acids is 1. The summed E-state index contributed by atoms with van der Waals surface area (Å²) < 4.78 is 13.0. The zero-order chi connectivity index (χ0) is 14.7. The Morgan fingerprint density at radius 2 is 1.95 bits per heavy atom. The first-order chi connectivity index (χ1) is 9.47. The van der Waals surface area contributed by atoms with E-state index in [-0.39, 0.29) is 22.5 Å². The lowest BCUT2D eigenvalue weighted by Gasteiger charge is -2.08. The Morgan fingerprint density at radius 3 is 2.55 bits per heavy atom. The van der Waals surface area contributed by atoms with E-state index < -0.39 is 17.7 Å². The molecule has 0 atom stereocenters. The molecule has 102 valence electrons. The van der Waals surface area contributed by atoms with Crippen LogP contribution in [-0.2, 0) is 0 Å². The lowest BCUT2D eigenvalue weighted by Crippen LogP contribution is -2.14. The Hall–Kier alpha value is -2.96. The fourth-order valence-corrected chi connectivity index (χ4v) is 1.54. The molecule has 0 fully saturated rings. The van der Waals surface area contributed by atoms with Gasteiger partial charge in [-0.3, -0.25) is 9.78 Å². The SMILES string of the molecule is Nc1cc(C(=O)O)ccc1NC(=O)c1cncc(F)c1. The molecule has 0 saturated carbocycles. The molecule has 20 heavy (non-hydrogen) atoms. The maximum atomic E-state index is 13.0. The van der Waals surface area contributed by atoms with Gasteiger partial charge in [-0.1, -0.05) is 0 Å². The number of hydrogen-bond donors (Lipinski definition) is 3. The van der Waals surface area contributed by atoms with Gasteiger partial charge < -0.3 is 16.2 Å². The van der Waals surface area contributed by atoms with E-state index in [0.29, 0.717) is 0 Å². The second-order valence-electron chi connectivity index (χ2n) is 3.95. The van der Waals surface area contributed by atoms with Crippen molar-refractivity contribution in [2.24, 2.45) is 0 Å². The largest absolute Gasteiger partial charge is 0.478 e. The van der Waals surface area contributed by atoms with Crippen molar-refractivity contribution in [3.05, 3.63) is 53.6 Å². The van der Waals surface area contributed by atoms with Crippen molar-refractivity contribution in [2.75, 3.05) is 11.1 Å². The summed E-state index contributed by atoms with van der Waals surface area (Å²) in [5.41, 5.74) is 6.03. The van der Waals surface area contributed by atoms with E-state index in [1.54, 1.807) is 0 Å². The molecule has 0 saturated heterocycles. The Morgan fingerprint density at radius 1 is 1.20 bits per heavy atom. The number of carboxylic acids is 1. The first-order valence-electron chi connectivity index (χ1n) is 5.52. The monoisotopic (exact) mass is 275 g/mol. The number of rotatable bonds is 3. The van der Waals surface area contributed by atoms with Crippen molar-refractivity contribution >= 4 is 23.3 Å². The Labute approximate surface area is 113 Å². The number of pyridine rings is 1. The number of carboxylic acid groups (broad SMARTS) is 1. The van der Waals surface area contributed by atoms with Crippen LogP contribution in [0.25, 0.3) is 0 Å². The summed E-state index contributed by atoms with van der Waals surface area (Å²) in [4.78, 5) is 26.2. The predicted octanol–water partition coefficient (Wildman–Crippen LogP) is 1.75. The van der Waals surface area contributed by atoms with Crippen molar-refractivity contribution in [3.8, 4) is 0 Å². The Bertz CT molecular complexity index is 688. The fourth-order valence-electron chi connectivity index (χ4n) is 1.54. The molecule has 0 aliphatic rings. The highest BCUT2D eigenvalue weighted by atomic mass is 19.1. The molecule has 0 spiro atoms. The van der Waals surface area contributed by atoms with Crippen LogP contribution in [0.4, 0.5) is 15.8 Å². The number of nitrogens with zero attached hydrogens (tertiary/aromatic N) is 1. The van der Waals surface area contributed by atoms with Crippen molar-refractivity contribution in [2.45, 2.75) is 0 Å².